The summed E-state index contributed by atoms with van der Waals surface area (Å²) in [6.07, 6.45) is 1.60. The largest absolute Gasteiger partial charge is 0.497 e. The molecule has 1 aliphatic heterocycles. The van der Waals surface area contributed by atoms with Crippen LogP contribution in [-0.2, 0) is 0 Å². The van der Waals surface area contributed by atoms with Gasteiger partial charge in [-0.25, -0.2) is 9.97 Å². The van der Waals surface area contributed by atoms with Gasteiger partial charge in [0.1, 0.15) is 17.9 Å². The van der Waals surface area contributed by atoms with E-state index >= 15 is 0 Å². The smallest absolute Gasteiger partial charge is 0.253 e. The molecule has 1 amide bonds. The number of ether oxygens (including phenoxy) is 1. The number of hydrogen-bond acceptors (Lipinski definition) is 5. The van der Waals surface area contributed by atoms with Gasteiger partial charge in [-0.3, -0.25) is 4.79 Å². The summed E-state index contributed by atoms with van der Waals surface area (Å²) in [5.41, 5.74) is 3.79. The Morgan fingerprint density at radius 3 is 2.28 bits per heavy atom. The van der Waals surface area contributed by atoms with Gasteiger partial charge in [0.15, 0.2) is 0 Å². The van der Waals surface area contributed by atoms with E-state index in [-0.39, 0.29) is 5.91 Å². The second-order valence-corrected chi connectivity index (χ2v) is 7.14. The van der Waals surface area contributed by atoms with E-state index in [9.17, 15) is 4.79 Å². The van der Waals surface area contributed by atoms with Crippen molar-refractivity contribution in [2.24, 2.45) is 0 Å². The second kappa shape index (κ2) is 8.31. The van der Waals surface area contributed by atoms with Gasteiger partial charge in [0, 0.05) is 43.4 Å². The molecule has 0 atom stereocenters. The number of carbonyl (C=O) groups excluding carboxylic acids is 1. The summed E-state index contributed by atoms with van der Waals surface area (Å²) in [4.78, 5) is 25.7. The summed E-state index contributed by atoms with van der Waals surface area (Å²) in [6.45, 7) is 4.87. The molecule has 3 aromatic rings. The van der Waals surface area contributed by atoms with Gasteiger partial charge in [0.05, 0.1) is 12.8 Å². The Kier molecular flexibility index (Phi) is 5.42. The number of amides is 1. The Balaban J connectivity index is 1.43. The van der Waals surface area contributed by atoms with E-state index in [0.717, 1.165) is 47.0 Å². The molecule has 0 saturated carbocycles. The lowest BCUT2D eigenvalue weighted by molar-refractivity contribution is 0.0746. The highest BCUT2D eigenvalue weighted by molar-refractivity contribution is 5.94. The van der Waals surface area contributed by atoms with Crippen molar-refractivity contribution in [2.75, 3.05) is 38.2 Å². The number of benzene rings is 2. The van der Waals surface area contributed by atoms with Crippen LogP contribution in [0.25, 0.3) is 11.3 Å². The van der Waals surface area contributed by atoms with Gasteiger partial charge >= 0.3 is 0 Å². The Hall–Kier alpha value is -3.41. The number of piperazine rings is 1. The summed E-state index contributed by atoms with van der Waals surface area (Å²) >= 11 is 0. The van der Waals surface area contributed by atoms with E-state index < -0.39 is 0 Å². The van der Waals surface area contributed by atoms with E-state index in [0.29, 0.717) is 13.1 Å². The molecule has 1 aromatic heterocycles. The van der Waals surface area contributed by atoms with Crippen molar-refractivity contribution in [1.29, 1.82) is 0 Å². The lowest BCUT2D eigenvalue weighted by atomic mass is 10.1. The summed E-state index contributed by atoms with van der Waals surface area (Å²) in [5.74, 6) is 1.79. The van der Waals surface area contributed by atoms with Crippen LogP contribution in [0.4, 0.5) is 5.82 Å². The topological polar surface area (TPSA) is 58.6 Å². The summed E-state index contributed by atoms with van der Waals surface area (Å²) in [5, 5.41) is 0. The summed E-state index contributed by atoms with van der Waals surface area (Å²) < 4.78 is 5.22. The molecule has 6 nitrogen and oxygen atoms in total. The van der Waals surface area contributed by atoms with E-state index in [2.05, 4.69) is 14.9 Å². The Labute approximate surface area is 170 Å². The van der Waals surface area contributed by atoms with E-state index in [1.165, 1.54) is 0 Å². The highest BCUT2D eigenvalue weighted by atomic mass is 16.5. The third-order valence-corrected chi connectivity index (χ3v) is 5.23. The molecular formula is C23H24N4O2. The molecule has 2 aromatic carbocycles. The molecule has 0 aliphatic carbocycles. The minimum atomic E-state index is 0.0891. The van der Waals surface area contributed by atoms with E-state index in [4.69, 9.17) is 4.74 Å². The van der Waals surface area contributed by atoms with Crippen LogP contribution in [0.2, 0.25) is 0 Å². The van der Waals surface area contributed by atoms with Crippen molar-refractivity contribution in [3.8, 4) is 17.0 Å². The molecule has 0 unspecified atom stereocenters. The Morgan fingerprint density at radius 1 is 0.931 bits per heavy atom. The SMILES string of the molecule is COc1ccc(-c2cc(N3CCN(C(=O)c4ccc(C)cc4)CC3)ncn2)cc1. The molecule has 4 rings (SSSR count). The van der Waals surface area contributed by atoms with Crippen LogP contribution < -0.4 is 9.64 Å². The van der Waals surface area contributed by atoms with Crippen molar-refractivity contribution in [3.05, 3.63) is 72.1 Å². The second-order valence-electron chi connectivity index (χ2n) is 7.14. The first-order valence-electron chi connectivity index (χ1n) is 9.71. The number of nitrogens with zero attached hydrogens (tertiary/aromatic N) is 4. The zero-order valence-corrected chi connectivity index (χ0v) is 16.7. The van der Waals surface area contributed by atoms with Crippen LogP contribution in [0.15, 0.2) is 60.9 Å². The fourth-order valence-electron chi connectivity index (χ4n) is 3.46. The maximum atomic E-state index is 12.7. The number of rotatable bonds is 4. The zero-order valence-electron chi connectivity index (χ0n) is 16.7. The Bertz CT molecular complexity index is 979. The third kappa shape index (κ3) is 4.21. The molecule has 29 heavy (non-hydrogen) atoms. The van der Waals surface area contributed by atoms with Crippen LogP contribution in [-0.4, -0.2) is 54.1 Å². The fraction of sp³-hybridized carbons (Fsp3) is 0.261. The minimum Gasteiger partial charge on any atom is -0.497 e. The predicted octanol–water partition coefficient (Wildman–Crippen LogP) is 3.42. The molecule has 2 heterocycles. The standard InChI is InChI=1S/C23H24N4O2/c1-17-3-5-19(6-4-17)23(28)27-13-11-26(12-14-27)22-15-21(24-16-25-22)18-7-9-20(29-2)10-8-18/h3-10,15-16H,11-14H2,1-2H3. The van der Waals surface area contributed by atoms with Gasteiger partial charge in [0.25, 0.3) is 5.91 Å². The van der Waals surface area contributed by atoms with Gasteiger partial charge in [-0.2, -0.15) is 0 Å². The van der Waals surface area contributed by atoms with Crippen LogP contribution in [0.1, 0.15) is 15.9 Å². The van der Waals surface area contributed by atoms with E-state index in [1.807, 2.05) is 66.4 Å². The molecule has 1 saturated heterocycles. The number of hydrogen-bond donors (Lipinski definition) is 0. The molecule has 0 bridgehead atoms. The van der Waals surface area contributed by atoms with Gasteiger partial charge < -0.3 is 14.5 Å². The first-order valence-corrected chi connectivity index (χ1v) is 9.71. The van der Waals surface area contributed by atoms with Crippen molar-refractivity contribution < 1.29 is 9.53 Å². The average Bonchev–Trinajstić information content (AvgIpc) is 2.79. The maximum absolute atomic E-state index is 12.7. The lowest BCUT2D eigenvalue weighted by Crippen LogP contribution is -2.49. The monoisotopic (exact) mass is 388 g/mol. The first-order chi connectivity index (χ1) is 14.1. The van der Waals surface area contributed by atoms with Crippen LogP contribution in [0, 0.1) is 6.92 Å². The minimum absolute atomic E-state index is 0.0891. The van der Waals surface area contributed by atoms with Gasteiger partial charge in [-0.05, 0) is 43.3 Å². The average molecular weight is 388 g/mol. The van der Waals surface area contributed by atoms with E-state index in [1.54, 1.807) is 13.4 Å². The highest BCUT2D eigenvalue weighted by Crippen LogP contribution is 2.24. The van der Waals surface area contributed by atoms with Crippen molar-refractivity contribution in [1.82, 2.24) is 14.9 Å². The fourth-order valence-corrected chi connectivity index (χ4v) is 3.46. The van der Waals surface area contributed by atoms with Crippen LogP contribution >= 0.6 is 0 Å². The molecule has 6 heteroatoms. The maximum Gasteiger partial charge on any atom is 0.253 e. The Morgan fingerprint density at radius 2 is 1.62 bits per heavy atom. The third-order valence-electron chi connectivity index (χ3n) is 5.23. The molecule has 148 valence electrons. The van der Waals surface area contributed by atoms with Crippen molar-refractivity contribution >= 4 is 11.7 Å². The lowest BCUT2D eigenvalue weighted by Gasteiger charge is -2.35. The normalized spacial score (nSPS) is 14.0. The highest BCUT2D eigenvalue weighted by Gasteiger charge is 2.23. The zero-order chi connectivity index (χ0) is 20.2. The number of anilines is 1. The van der Waals surface area contributed by atoms with Gasteiger partial charge in [0.2, 0.25) is 0 Å². The summed E-state index contributed by atoms with van der Waals surface area (Å²) in [6, 6.07) is 17.6. The van der Waals surface area contributed by atoms with Crippen LogP contribution in [0.3, 0.4) is 0 Å². The number of aromatic nitrogens is 2. The number of methoxy groups -OCH3 is 1. The molecule has 1 aliphatic rings. The number of carbonyl (C=O) groups is 1. The van der Waals surface area contributed by atoms with Gasteiger partial charge in [-0.1, -0.05) is 17.7 Å². The summed E-state index contributed by atoms with van der Waals surface area (Å²) in [7, 11) is 1.65. The molecule has 0 radical (unpaired) electrons. The van der Waals surface area contributed by atoms with Crippen molar-refractivity contribution in [2.45, 2.75) is 6.92 Å². The molecular weight excluding hydrogens is 364 g/mol. The molecule has 1 fully saturated rings. The molecule has 0 spiro atoms. The number of aryl methyl sites for hydroxylation is 1. The molecule has 0 N–H and O–H groups in total. The van der Waals surface area contributed by atoms with Crippen molar-refractivity contribution in [3.63, 3.8) is 0 Å². The quantitative estimate of drug-likeness (QED) is 0.685. The first kappa shape index (κ1) is 18.9. The predicted molar refractivity (Wildman–Crippen MR) is 113 cm³/mol. The van der Waals surface area contributed by atoms with Crippen LogP contribution in [0.5, 0.6) is 5.75 Å². The van der Waals surface area contributed by atoms with Gasteiger partial charge in [-0.15, -0.1) is 0 Å².